The maximum absolute atomic E-state index is 12.2. The molecule has 0 unspecified atom stereocenters. The monoisotopic (exact) mass is 415 g/mol. The third kappa shape index (κ3) is 7.84. The normalized spacial score (nSPS) is 10.5. The number of esters is 1. The Morgan fingerprint density at radius 2 is 1.89 bits per heavy atom. The van der Waals surface area contributed by atoms with E-state index in [1.165, 1.54) is 30.0 Å². The Bertz CT molecular complexity index is 777. The smallest absolute Gasteiger partial charge is 0.387 e. The van der Waals surface area contributed by atoms with E-state index in [0.29, 0.717) is 5.75 Å². The van der Waals surface area contributed by atoms with Gasteiger partial charge in [-0.2, -0.15) is 8.78 Å². The molecule has 5 nitrogen and oxygen atoms in total. The van der Waals surface area contributed by atoms with E-state index in [1.54, 1.807) is 0 Å². The highest BCUT2D eigenvalue weighted by atomic mass is 35.5. The predicted octanol–water partition coefficient (Wildman–Crippen LogP) is 4.61. The van der Waals surface area contributed by atoms with Crippen molar-refractivity contribution in [3.63, 3.8) is 0 Å². The van der Waals surface area contributed by atoms with Gasteiger partial charge in [0.1, 0.15) is 5.75 Å². The highest BCUT2D eigenvalue weighted by Gasteiger charge is 2.12. The number of carbonyl (C=O) groups is 2. The zero-order chi connectivity index (χ0) is 19.6. The van der Waals surface area contributed by atoms with Crippen LogP contribution < -0.4 is 10.1 Å². The minimum Gasteiger partial charge on any atom is -0.456 e. The first kappa shape index (κ1) is 21.0. The summed E-state index contributed by atoms with van der Waals surface area (Å²) >= 11 is 7.31. The van der Waals surface area contributed by atoms with Crippen LogP contribution >= 0.6 is 23.4 Å². The number of hydrogen-bond acceptors (Lipinski definition) is 5. The Morgan fingerprint density at radius 3 is 2.56 bits per heavy atom. The molecule has 0 bridgehead atoms. The fourth-order valence-corrected chi connectivity index (χ4v) is 3.03. The van der Waals surface area contributed by atoms with Crippen molar-refractivity contribution in [2.75, 3.05) is 17.7 Å². The Hall–Kier alpha value is -2.32. The van der Waals surface area contributed by atoms with Crippen molar-refractivity contribution >= 4 is 40.9 Å². The Balaban J connectivity index is 1.70. The highest BCUT2D eigenvalue weighted by Crippen LogP contribution is 2.28. The van der Waals surface area contributed by atoms with Crippen LogP contribution in [0, 0.1) is 0 Å². The summed E-state index contributed by atoms with van der Waals surface area (Å²) in [5, 5.41) is 2.37. The van der Waals surface area contributed by atoms with E-state index in [2.05, 4.69) is 10.1 Å². The number of amides is 1. The summed E-state index contributed by atoms with van der Waals surface area (Å²) in [6.07, 6.45) is 0.165. The molecule has 0 aliphatic rings. The van der Waals surface area contributed by atoms with Crippen molar-refractivity contribution in [1.29, 1.82) is 0 Å². The lowest BCUT2D eigenvalue weighted by molar-refractivity contribution is -0.146. The van der Waals surface area contributed by atoms with Crippen LogP contribution in [0.2, 0.25) is 5.02 Å². The van der Waals surface area contributed by atoms with E-state index in [-0.39, 0.29) is 22.9 Å². The molecule has 2 rings (SSSR count). The van der Waals surface area contributed by atoms with Gasteiger partial charge in [0, 0.05) is 16.3 Å². The molecule has 0 aliphatic heterocycles. The van der Waals surface area contributed by atoms with Crippen LogP contribution in [0.4, 0.5) is 14.5 Å². The average molecular weight is 416 g/mol. The highest BCUT2D eigenvalue weighted by molar-refractivity contribution is 7.99. The van der Waals surface area contributed by atoms with E-state index in [1.807, 2.05) is 30.3 Å². The van der Waals surface area contributed by atoms with Gasteiger partial charge in [-0.3, -0.25) is 9.59 Å². The molecule has 0 spiro atoms. The molecule has 0 aromatic heterocycles. The Morgan fingerprint density at radius 1 is 1.15 bits per heavy atom. The van der Waals surface area contributed by atoms with Crippen LogP contribution in [-0.2, 0) is 14.3 Å². The first-order valence-corrected chi connectivity index (χ1v) is 9.18. The number of benzene rings is 2. The summed E-state index contributed by atoms with van der Waals surface area (Å²) in [6.45, 7) is -3.45. The zero-order valence-electron chi connectivity index (χ0n) is 14.0. The fraction of sp³-hybridized carbons (Fsp3) is 0.222. The van der Waals surface area contributed by atoms with Crippen molar-refractivity contribution in [1.82, 2.24) is 0 Å². The maximum atomic E-state index is 12.2. The van der Waals surface area contributed by atoms with E-state index >= 15 is 0 Å². The summed E-state index contributed by atoms with van der Waals surface area (Å²) in [5.41, 5.74) is 0.266. The number of hydrogen-bond donors (Lipinski definition) is 1. The van der Waals surface area contributed by atoms with Crippen molar-refractivity contribution in [3.8, 4) is 5.75 Å². The zero-order valence-corrected chi connectivity index (χ0v) is 15.6. The van der Waals surface area contributed by atoms with Gasteiger partial charge in [-0.25, -0.2) is 0 Å². The number of nitrogens with one attached hydrogen (secondary N) is 1. The maximum Gasteiger partial charge on any atom is 0.387 e. The van der Waals surface area contributed by atoms with Gasteiger partial charge in [0.05, 0.1) is 11.4 Å². The standard InChI is InChI=1S/C18H16ClF2NO4S/c19-14-10-12(6-7-15(14)26-18(20)21)22-16(23)11-25-17(24)8-9-27-13-4-2-1-3-5-13/h1-7,10,18H,8-9,11H2,(H,22,23). The van der Waals surface area contributed by atoms with Crippen molar-refractivity contribution in [2.24, 2.45) is 0 Å². The SMILES string of the molecule is O=C(COC(=O)CCSc1ccccc1)Nc1ccc(OC(F)F)c(Cl)c1. The molecule has 0 radical (unpaired) electrons. The van der Waals surface area contributed by atoms with Gasteiger partial charge in [-0.15, -0.1) is 11.8 Å². The largest absolute Gasteiger partial charge is 0.456 e. The van der Waals surface area contributed by atoms with E-state index in [4.69, 9.17) is 16.3 Å². The number of ether oxygens (including phenoxy) is 2. The van der Waals surface area contributed by atoms with Crippen molar-refractivity contribution in [2.45, 2.75) is 17.9 Å². The molecule has 9 heteroatoms. The van der Waals surface area contributed by atoms with Crippen LogP contribution in [0.25, 0.3) is 0 Å². The second-order valence-corrected chi connectivity index (χ2v) is 6.72. The van der Waals surface area contributed by atoms with Crippen LogP contribution in [0.3, 0.4) is 0 Å². The minimum absolute atomic E-state index is 0.0805. The summed E-state index contributed by atoms with van der Waals surface area (Å²) in [4.78, 5) is 24.5. The number of carbonyl (C=O) groups excluding carboxylic acids is 2. The third-order valence-corrected chi connectivity index (χ3v) is 4.42. The molecule has 0 aliphatic carbocycles. The lowest BCUT2D eigenvalue weighted by Crippen LogP contribution is -2.21. The molecule has 1 amide bonds. The van der Waals surface area contributed by atoms with Crippen molar-refractivity contribution < 1.29 is 27.8 Å². The van der Waals surface area contributed by atoms with Crippen LogP contribution in [0.5, 0.6) is 5.75 Å². The molecule has 0 saturated carbocycles. The molecular formula is C18H16ClF2NO4S. The first-order valence-electron chi connectivity index (χ1n) is 7.81. The summed E-state index contributed by atoms with van der Waals surface area (Å²) in [5.74, 6) is -0.733. The Labute approximate surface area is 164 Å². The molecule has 0 atom stereocenters. The second kappa shape index (κ2) is 10.7. The quantitative estimate of drug-likeness (QED) is 0.478. The number of halogens is 3. The minimum atomic E-state index is -3.00. The fourth-order valence-electron chi connectivity index (χ4n) is 1.95. The average Bonchev–Trinajstić information content (AvgIpc) is 2.63. The molecule has 0 heterocycles. The molecule has 27 heavy (non-hydrogen) atoms. The summed E-state index contributed by atoms with van der Waals surface area (Å²) < 4.78 is 33.4. The van der Waals surface area contributed by atoms with Crippen LogP contribution in [0.1, 0.15) is 6.42 Å². The number of rotatable bonds is 9. The molecule has 0 saturated heterocycles. The summed E-state index contributed by atoms with van der Waals surface area (Å²) in [6, 6.07) is 13.4. The van der Waals surface area contributed by atoms with E-state index < -0.39 is 25.1 Å². The van der Waals surface area contributed by atoms with Gasteiger partial charge in [-0.05, 0) is 30.3 Å². The number of thioether (sulfide) groups is 1. The first-order chi connectivity index (χ1) is 12.9. The van der Waals surface area contributed by atoms with Crippen molar-refractivity contribution in [3.05, 3.63) is 53.6 Å². The van der Waals surface area contributed by atoms with E-state index in [0.717, 1.165) is 4.90 Å². The molecule has 2 aromatic carbocycles. The molecule has 0 fully saturated rings. The predicted molar refractivity (Wildman–Crippen MR) is 99.5 cm³/mol. The lowest BCUT2D eigenvalue weighted by Gasteiger charge is -2.10. The van der Waals surface area contributed by atoms with Crippen LogP contribution in [-0.4, -0.2) is 30.8 Å². The van der Waals surface area contributed by atoms with Gasteiger partial charge < -0.3 is 14.8 Å². The second-order valence-electron chi connectivity index (χ2n) is 5.14. The van der Waals surface area contributed by atoms with Gasteiger partial charge >= 0.3 is 12.6 Å². The van der Waals surface area contributed by atoms with Gasteiger partial charge in [0.15, 0.2) is 6.61 Å². The van der Waals surface area contributed by atoms with Gasteiger partial charge in [0.2, 0.25) is 0 Å². The molecule has 2 aromatic rings. The van der Waals surface area contributed by atoms with Gasteiger partial charge in [-0.1, -0.05) is 29.8 Å². The summed E-state index contributed by atoms with van der Waals surface area (Å²) in [7, 11) is 0. The topological polar surface area (TPSA) is 64.6 Å². The van der Waals surface area contributed by atoms with Crippen LogP contribution in [0.15, 0.2) is 53.4 Å². The lowest BCUT2D eigenvalue weighted by atomic mass is 10.3. The van der Waals surface area contributed by atoms with Gasteiger partial charge in [0.25, 0.3) is 5.91 Å². The third-order valence-electron chi connectivity index (χ3n) is 3.11. The molecular weight excluding hydrogens is 400 g/mol. The van der Waals surface area contributed by atoms with E-state index in [9.17, 15) is 18.4 Å². The number of anilines is 1. The molecule has 1 N–H and O–H groups in total. The molecule has 144 valence electrons. The number of alkyl halides is 2. The Kier molecular flexibility index (Phi) is 8.35.